The molecule has 0 saturated carbocycles. The molecule has 0 saturated heterocycles. The molecular formula is C15H12ClN3O2S. The molecule has 2 rings (SSSR count). The zero-order valence-corrected chi connectivity index (χ0v) is 13.2. The van der Waals surface area contributed by atoms with Crippen molar-refractivity contribution in [1.82, 2.24) is 4.57 Å². The number of halogens is 1. The maximum absolute atomic E-state index is 12.4. The summed E-state index contributed by atoms with van der Waals surface area (Å²) in [5.74, 6) is -0.844. The van der Waals surface area contributed by atoms with Crippen LogP contribution in [0.5, 0.6) is 0 Å². The second-order valence-electron chi connectivity index (χ2n) is 4.37. The summed E-state index contributed by atoms with van der Waals surface area (Å²) in [6.07, 6.45) is 1.69. The Kier molecular flexibility index (Phi) is 4.81. The third kappa shape index (κ3) is 3.11. The largest absolute Gasteiger partial charge is 0.365 e. The van der Waals surface area contributed by atoms with Gasteiger partial charge in [-0.1, -0.05) is 23.7 Å². The molecule has 0 fully saturated rings. The van der Waals surface area contributed by atoms with Crippen molar-refractivity contribution in [3.8, 4) is 6.07 Å². The van der Waals surface area contributed by atoms with E-state index in [1.165, 1.54) is 4.57 Å². The molecule has 1 aromatic heterocycles. The molecule has 1 heterocycles. The smallest absolute Gasteiger partial charge is 0.269 e. The predicted molar refractivity (Wildman–Crippen MR) is 86.7 cm³/mol. The minimum absolute atomic E-state index is 0.209. The van der Waals surface area contributed by atoms with Crippen LogP contribution in [-0.4, -0.2) is 10.5 Å². The third-order valence-electron chi connectivity index (χ3n) is 2.96. The fraction of sp³-hybridized carbons (Fsp3) is 0.133. The molecule has 0 aliphatic carbocycles. The van der Waals surface area contributed by atoms with Gasteiger partial charge in [0.15, 0.2) is 5.57 Å². The van der Waals surface area contributed by atoms with E-state index in [-0.39, 0.29) is 15.8 Å². The fourth-order valence-corrected chi connectivity index (χ4v) is 3.21. The molecule has 2 N–H and O–H groups in total. The van der Waals surface area contributed by atoms with Gasteiger partial charge in [0.2, 0.25) is 0 Å². The van der Waals surface area contributed by atoms with Crippen LogP contribution in [0.15, 0.2) is 29.1 Å². The lowest BCUT2D eigenvalue weighted by Crippen LogP contribution is -2.33. The molecule has 0 radical (unpaired) electrons. The summed E-state index contributed by atoms with van der Waals surface area (Å²) in [5, 5.41) is 9.67. The number of benzene rings is 1. The summed E-state index contributed by atoms with van der Waals surface area (Å²) < 4.78 is 2.08. The van der Waals surface area contributed by atoms with Crippen molar-refractivity contribution < 1.29 is 4.79 Å². The monoisotopic (exact) mass is 333 g/mol. The number of nitrogens with two attached hydrogens (primary N) is 1. The van der Waals surface area contributed by atoms with Crippen LogP contribution in [0.25, 0.3) is 11.6 Å². The molecular weight excluding hydrogens is 322 g/mol. The van der Waals surface area contributed by atoms with Gasteiger partial charge in [-0.3, -0.25) is 14.2 Å². The zero-order valence-electron chi connectivity index (χ0n) is 11.7. The van der Waals surface area contributed by atoms with E-state index in [4.69, 9.17) is 22.6 Å². The van der Waals surface area contributed by atoms with Gasteiger partial charge in [0.1, 0.15) is 10.7 Å². The van der Waals surface area contributed by atoms with Gasteiger partial charge in [0, 0.05) is 11.6 Å². The minimum atomic E-state index is -0.844. The normalized spacial score (nSPS) is 12.9. The first-order valence-corrected chi connectivity index (χ1v) is 7.58. The molecule has 0 aliphatic heterocycles. The van der Waals surface area contributed by atoms with Crippen LogP contribution in [-0.2, 0) is 11.3 Å². The number of hydrogen-bond acceptors (Lipinski definition) is 4. The van der Waals surface area contributed by atoms with Crippen LogP contribution >= 0.6 is 22.9 Å². The van der Waals surface area contributed by atoms with Crippen LogP contribution in [0.1, 0.15) is 12.5 Å². The summed E-state index contributed by atoms with van der Waals surface area (Å²) >= 11 is 6.90. The van der Waals surface area contributed by atoms with Crippen LogP contribution in [0.2, 0.25) is 5.02 Å². The SMILES string of the molecule is CCn1c(=O)/c(=C\c2ccc(Cl)cc2)s/c1=C(\C#N)C(N)=O. The Morgan fingerprint density at radius 3 is 2.59 bits per heavy atom. The molecule has 7 heteroatoms. The number of rotatable bonds is 3. The first kappa shape index (κ1) is 16.0. The van der Waals surface area contributed by atoms with Crippen molar-refractivity contribution in [2.24, 2.45) is 5.73 Å². The Balaban J connectivity index is 2.79. The number of carbonyl (C=O) groups excluding carboxylic acids is 1. The number of aromatic nitrogens is 1. The molecule has 1 aromatic carbocycles. The highest BCUT2D eigenvalue weighted by molar-refractivity contribution is 7.07. The van der Waals surface area contributed by atoms with Gasteiger partial charge >= 0.3 is 0 Å². The van der Waals surface area contributed by atoms with E-state index in [0.29, 0.717) is 16.1 Å². The lowest BCUT2D eigenvalue weighted by Gasteiger charge is -1.95. The number of nitrogens with zero attached hydrogens (tertiary/aromatic N) is 2. The van der Waals surface area contributed by atoms with Gasteiger partial charge < -0.3 is 5.73 Å². The maximum Gasteiger partial charge on any atom is 0.269 e. The Hall–Kier alpha value is -2.36. The van der Waals surface area contributed by atoms with Crippen molar-refractivity contribution in [3.05, 3.63) is 54.4 Å². The summed E-state index contributed by atoms with van der Waals surface area (Å²) in [6.45, 7) is 2.11. The number of thiazole rings is 1. The van der Waals surface area contributed by atoms with Crippen LogP contribution in [0.4, 0.5) is 0 Å². The number of nitriles is 1. The maximum atomic E-state index is 12.4. The first-order chi connectivity index (χ1) is 10.5. The Labute approximate surface area is 135 Å². The molecule has 22 heavy (non-hydrogen) atoms. The zero-order chi connectivity index (χ0) is 16.3. The van der Waals surface area contributed by atoms with Crippen LogP contribution < -0.4 is 20.5 Å². The average Bonchev–Trinajstić information content (AvgIpc) is 2.78. The van der Waals surface area contributed by atoms with Crippen molar-refractivity contribution in [2.75, 3.05) is 0 Å². The molecule has 0 aliphatic rings. The standard InChI is InChI=1S/C15H12ClN3O2S/c1-2-19-14(21)12(7-9-3-5-10(16)6-4-9)22-15(19)11(8-17)13(18)20/h3-7H,2H2,1H3,(H2,18,20)/b12-7+,15-11+. The van der Waals surface area contributed by atoms with Crippen molar-refractivity contribution in [3.63, 3.8) is 0 Å². The Bertz CT molecular complexity index is 933. The number of hydrogen-bond donors (Lipinski definition) is 1. The molecule has 1 amide bonds. The lowest BCUT2D eigenvalue weighted by molar-refractivity contribution is -0.112. The van der Waals surface area contributed by atoms with Crippen molar-refractivity contribution >= 4 is 40.5 Å². The third-order valence-corrected chi connectivity index (χ3v) is 4.35. The van der Waals surface area contributed by atoms with Gasteiger partial charge in [-0.05, 0) is 30.7 Å². The Morgan fingerprint density at radius 2 is 2.09 bits per heavy atom. The van der Waals surface area contributed by atoms with Crippen LogP contribution in [0.3, 0.4) is 0 Å². The van der Waals surface area contributed by atoms with Crippen LogP contribution in [0, 0.1) is 11.3 Å². The molecule has 112 valence electrons. The van der Waals surface area contributed by atoms with Gasteiger partial charge in [0.05, 0.1) is 4.53 Å². The highest BCUT2D eigenvalue weighted by atomic mass is 35.5. The van der Waals surface area contributed by atoms with E-state index in [1.54, 1.807) is 43.3 Å². The van der Waals surface area contributed by atoms with E-state index >= 15 is 0 Å². The second-order valence-corrected chi connectivity index (χ2v) is 5.83. The summed E-state index contributed by atoms with van der Waals surface area (Å²) in [4.78, 5) is 23.7. The van der Waals surface area contributed by atoms with Gasteiger partial charge in [0.25, 0.3) is 11.5 Å². The Morgan fingerprint density at radius 1 is 1.45 bits per heavy atom. The number of amides is 1. The van der Waals surface area contributed by atoms with Gasteiger partial charge in [-0.25, -0.2) is 0 Å². The minimum Gasteiger partial charge on any atom is -0.365 e. The highest BCUT2D eigenvalue weighted by Crippen LogP contribution is 2.09. The fourth-order valence-electron chi connectivity index (χ4n) is 1.91. The van der Waals surface area contributed by atoms with Crippen molar-refractivity contribution in [2.45, 2.75) is 13.5 Å². The highest BCUT2D eigenvalue weighted by Gasteiger charge is 2.12. The molecule has 5 nitrogen and oxygen atoms in total. The molecule has 0 atom stereocenters. The summed E-state index contributed by atoms with van der Waals surface area (Å²) in [6, 6.07) is 8.76. The lowest BCUT2D eigenvalue weighted by atomic mass is 10.2. The molecule has 2 aromatic rings. The van der Waals surface area contributed by atoms with Crippen molar-refractivity contribution in [1.29, 1.82) is 5.26 Å². The summed E-state index contributed by atoms with van der Waals surface area (Å²) in [7, 11) is 0. The number of primary amides is 1. The number of carbonyl (C=O) groups is 1. The average molecular weight is 334 g/mol. The predicted octanol–water partition coefficient (Wildman–Crippen LogP) is 0.571. The second kappa shape index (κ2) is 6.60. The first-order valence-electron chi connectivity index (χ1n) is 6.39. The van der Waals surface area contributed by atoms with E-state index in [1.807, 2.05) is 0 Å². The van der Waals surface area contributed by atoms with E-state index in [9.17, 15) is 9.59 Å². The topological polar surface area (TPSA) is 88.9 Å². The molecule has 0 unspecified atom stereocenters. The molecule has 0 spiro atoms. The summed E-state index contributed by atoms with van der Waals surface area (Å²) in [5.41, 5.74) is 5.53. The van der Waals surface area contributed by atoms with E-state index in [0.717, 1.165) is 16.9 Å². The van der Waals surface area contributed by atoms with Gasteiger partial charge in [-0.2, -0.15) is 5.26 Å². The van der Waals surface area contributed by atoms with Gasteiger partial charge in [-0.15, -0.1) is 11.3 Å². The van der Waals surface area contributed by atoms with E-state index < -0.39 is 5.91 Å². The molecule has 0 bridgehead atoms. The van der Waals surface area contributed by atoms with E-state index in [2.05, 4.69) is 0 Å². The quantitative estimate of drug-likeness (QED) is 0.890.